The van der Waals surface area contributed by atoms with Crippen molar-refractivity contribution < 1.29 is 4.79 Å². The molecule has 1 amide bonds. The van der Waals surface area contributed by atoms with Crippen LogP contribution >= 0.6 is 0 Å². The normalized spacial score (nSPS) is 12.1. The molecule has 2 N–H and O–H groups in total. The molecule has 0 aliphatic carbocycles. The highest BCUT2D eigenvalue weighted by Gasteiger charge is 2.13. The molecule has 5 nitrogen and oxygen atoms in total. The predicted octanol–water partition coefficient (Wildman–Crippen LogP) is 1.27. The monoisotopic (exact) mass is 244 g/mol. The molecular weight excluding hydrogens is 228 g/mol. The highest BCUT2D eigenvalue weighted by Crippen LogP contribution is 2.14. The molecule has 2 rings (SSSR count). The summed E-state index contributed by atoms with van der Waals surface area (Å²) < 4.78 is 0. The molecule has 0 saturated heterocycles. The Kier molecular flexibility index (Phi) is 4.06. The van der Waals surface area contributed by atoms with E-state index < -0.39 is 0 Å². The van der Waals surface area contributed by atoms with Gasteiger partial charge < -0.3 is 5.32 Å². The number of amides is 1. The second kappa shape index (κ2) is 5.95. The minimum absolute atomic E-state index is 0.0284. The summed E-state index contributed by atoms with van der Waals surface area (Å²) in [6, 6.07) is 9.74. The van der Waals surface area contributed by atoms with Gasteiger partial charge >= 0.3 is 0 Å². The summed E-state index contributed by atoms with van der Waals surface area (Å²) >= 11 is 0. The van der Waals surface area contributed by atoms with Crippen molar-refractivity contribution in [3.05, 3.63) is 48.0 Å². The average Bonchev–Trinajstić information content (AvgIpc) is 2.92. The summed E-state index contributed by atoms with van der Waals surface area (Å²) in [7, 11) is 0. The largest absolute Gasteiger partial charge is 0.355 e. The maximum Gasteiger partial charge on any atom is 0.227 e. The number of nitrogens with zero attached hydrogens (tertiary/aromatic N) is 2. The summed E-state index contributed by atoms with van der Waals surface area (Å²) in [5.41, 5.74) is 1.02. The molecule has 18 heavy (non-hydrogen) atoms. The van der Waals surface area contributed by atoms with Crippen LogP contribution in [-0.2, 0) is 11.2 Å². The smallest absolute Gasteiger partial charge is 0.227 e. The average molecular weight is 244 g/mol. The van der Waals surface area contributed by atoms with E-state index in [1.54, 1.807) is 0 Å². The standard InChI is InChI=1S/C13H16N4O/c1-10(11-5-3-2-4-6-11)13(18)14-8-7-12-15-9-16-17-12/h2-6,9-10H,7-8H2,1H3,(H,14,18)(H,15,16,17). The molecule has 1 heterocycles. The Morgan fingerprint density at radius 2 is 2.17 bits per heavy atom. The first-order valence-corrected chi connectivity index (χ1v) is 5.94. The Balaban J connectivity index is 1.81. The van der Waals surface area contributed by atoms with Crippen LogP contribution < -0.4 is 5.32 Å². The van der Waals surface area contributed by atoms with E-state index in [1.165, 1.54) is 6.33 Å². The van der Waals surface area contributed by atoms with Crippen LogP contribution in [0.5, 0.6) is 0 Å². The van der Waals surface area contributed by atoms with Gasteiger partial charge in [-0.15, -0.1) is 0 Å². The van der Waals surface area contributed by atoms with Crippen LogP contribution in [0.1, 0.15) is 24.2 Å². The molecule has 0 aliphatic heterocycles. The van der Waals surface area contributed by atoms with Crippen LogP contribution in [0.25, 0.3) is 0 Å². The van der Waals surface area contributed by atoms with Gasteiger partial charge in [0, 0.05) is 13.0 Å². The van der Waals surface area contributed by atoms with E-state index in [1.807, 2.05) is 37.3 Å². The number of hydrogen-bond acceptors (Lipinski definition) is 3. The van der Waals surface area contributed by atoms with Gasteiger partial charge in [0.1, 0.15) is 12.2 Å². The number of carbonyl (C=O) groups is 1. The van der Waals surface area contributed by atoms with E-state index in [9.17, 15) is 4.79 Å². The van der Waals surface area contributed by atoms with Gasteiger partial charge in [-0.25, -0.2) is 4.98 Å². The highest BCUT2D eigenvalue weighted by molar-refractivity contribution is 5.83. The number of rotatable bonds is 5. The van der Waals surface area contributed by atoms with Gasteiger partial charge in [-0.2, -0.15) is 5.10 Å². The maximum absolute atomic E-state index is 11.9. The second-order valence-corrected chi connectivity index (χ2v) is 4.11. The lowest BCUT2D eigenvalue weighted by molar-refractivity contribution is -0.122. The fourth-order valence-electron chi connectivity index (χ4n) is 1.70. The predicted molar refractivity (Wildman–Crippen MR) is 68.0 cm³/mol. The second-order valence-electron chi connectivity index (χ2n) is 4.11. The van der Waals surface area contributed by atoms with Crippen molar-refractivity contribution in [2.75, 3.05) is 6.54 Å². The van der Waals surface area contributed by atoms with E-state index in [4.69, 9.17) is 0 Å². The number of hydrogen-bond donors (Lipinski definition) is 2. The van der Waals surface area contributed by atoms with Crippen molar-refractivity contribution >= 4 is 5.91 Å². The number of carbonyl (C=O) groups excluding carboxylic acids is 1. The molecule has 1 atom stereocenters. The molecule has 1 unspecified atom stereocenters. The quantitative estimate of drug-likeness (QED) is 0.832. The van der Waals surface area contributed by atoms with E-state index in [0.717, 1.165) is 11.4 Å². The molecule has 0 fully saturated rings. The molecule has 5 heteroatoms. The first-order valence-electron chi connectivity index (χ1n) is 5.94. The zero-order chi connectivity index (χ0) is 12.8. The fraction of sp³-hybridized carbons (Fsp3) is 0.308. The SMILES string of the molecule is CC(C(=O)NCCc1ncn[nH]1)c1ccccc1. The number of aromatic amines is 1. The van der Waals surface area contributed by atoms with E-state index in [0.29, 0.717) is 13.0 Å². The summed E-state index contributed by atoms with van der Waals surface area (Å²) in [5, 5.41) is 9.41. The molecule has 1 aromatic carbocycles. The highest BCUT2D eigenvalue weighted by atomic mass is 16.1. The Morgan fingerprint density at radius 1 is 1.39 bits per heavy atom. The van der Waals surface area contributed by atoms with Crippen molar-refractivity contribution in [3.63, 3.8) is 0 Å². The molecule has 1 aromatic heterocycles. The van der Waals surface area contributed by atoms with Gasteiger partial charge in [-0.1, -0.05) is 30.3 Å². The lowest BCUT2D eigenvalue weighted by atomic mass is 10.0. The number of benzene rings is 1. The maximum atomic E-state index is 11.9. The molecule has 0 radical (unpaired) electrons. The lowest BCUT2D eigenvalue weighted by Gasteiger charge is -2.11. The Labute approximate surface area is 106 Å². The number of aromatic nitrogens is 3. The minimum Gasteiger partial charge on any atom is -0.355 e. The van der Waals surface area contributed by atoms with Crippen LogP contribution in [0, 0.1) is 0 Å². The minimum atomic E-state index is -0.138. The Bertz CT molecular complexity index is 481. The van der Waals surface area contributed by atoms with E-state index in [-0.39, 0.29) is 11.8 Å². The topological polar surface area (TPSA) is 70.7 Å². The van der Waals surface area contributed by atoms with E-state index >= 15 is 0 Å². The Hall–Kier alpha value is -2.17. The van der Waals surface area contributed by atoms with Crippen LogP contribution in [0.15, 0.2) is 36.7 Å². The van der Waals surface area contributed by atoms with Gasteiger partial charge in [-0.3, -0.25) is 9.89 Å². The van der Waals surface area contributed by atoms with Crippen LogP contribution in [-0.4, -0.2) is 27.6 Å². The first kappa shape index (κ1) is 12.3. The van der Waals surface area contributed by atoms with Crippen molar-refractivity contribution in [3.8, 4) is 0 Å². The van der Waals surface area contributed by atoms with Gasteiger partial charge in [-0.05, 0) is 12.5 Å². The molecule has 94 valence electrons. The summed E-state index contributed by atoms with van der Waals surface area (Å²) in [6.45, 7) is 2.46. The van der Waals surface area contributed by atoms with Crippen LogP contribution in [0.3, 0.4) is 0 Å². The zero-order valence-electron chi connectivity index (χ0n) is 10.3. The first-order chi connectivity index (χ1) is 8.77. The summed E-state index contributed by atoms with van der Waals surface area (Å²) in [5.74, 6) is 0.671. The fourth-order valence-corrected chi connectivity index (χ4v) is 1.70. The molecule has 0 bridgehead atoms. The van der Waals surface area contributed by atoms with Crippen molar-refractivity contribution in [1.29, 1.82) is 0 Å². The molecule has 0 spiro atoms. The van der Waals surface area contributed by atoms with Crippen LogP contribution in [0.4, 0.5) is 0 Å². The number of nitrogens with one attached hydrogen (secondary N) is 2. The van der Waals surface area contributed by atoms with Crippen molar-refractivity contribution in [2.45, 2.75) is 19.3 Å². The van der Waals surface area contributed by atoms with Gasteiger partial charge in [0.2, 0.25) is 5.91 Å². The van der Waals surface area contributed by atoms with Gasteiger partial charge in [0.15, 0.2) is 0 Å². The van der Waals surface area contributed by atoms with E-state index in [2.05, 4.69) is 20.5 Å². The molecule has 0 aliphatic rings. The van der Waals surface area contributed by atoms with Gasteiger partial charge in [0.05, 0.1) is 5.92 Å². The Morgan fingerprint density at radius 3 is 2.83 bits per heavy atom. The molecule has 0 saturated carbocycles. The third kappa shape index (κ3) is 3.16. The lowest BCUT2D eigenvalue weighted by Crippen LogP contribution is -2.30. The third-order valence-electron chi connectivity index (χ3n) is 2.82. The molecular formula is C13H16N4O. The number of H-pyrrole nitrogens is 1. The summed E-state index contributed by atoms with van der Waals surface area (Å²) in [4.78, 5) is 15.9. The zero-order valence-corrected chi connectivity index (χ0v) is 10.3. The summed E-state index contributed by atoms with van der Waals surface area (Å²) in [6.07, 6.45) is 2.12. The molecule has 2 aromatic rings. The van der Waals surface area contributed by atoms with Gasteiger partial charge in [0.25, 0.3) is 0 Å². The van der Waals surface area contributed by atoms with Crippen molar-refractivity contribution in [1.82, 2.24) is 20.5 Å². The third-order valence-corrected chi connectivity index (χ3v) is 2.82. The van der Waals surface area contributed by atoms with Crippen molar-refractivity contribution in [2.24, 2.45) is 0 Å². The van der Waals surface area contributed by atoms with Crippen LogP contribution in [0.2, 0.25) is 0 Å².